The minimum atomic E-state index is -3.87. The zero-order valence-corrected chi connectivity index (χ0v) is 20.2. The van der Waals surface area contributed by atoms with Gasteiger partial charge in [-0.1, -0.05) is 66.7 Å². The lowest BCUT2D eigenvalue weighted by Gasteiger charge is -2.21. The number of carbonyl (C=O) groups is 2. The maximum absolute atomic E-state index is 12.9. The molecule has 3 aromatic carbocycles. The van der Waals surface area contributed by atoms with Crippen molar-refractivity contribution in [2.45, 2.75) is 37.9 Å². The van der Waals surface area contributed by atoms with Crippen LogP contribution in [0, 0.1) is 6.92 Å². The van der Waals surface area contributed by atoms with Gasteiger partial charge in [0, 0.05) is 20.1 Å². The lowest BCUT2D eigenvalue weighted by Crippen LogP contribution is -2.37. The van der Waals surface area contributed by atoms with Crippen molar-refractivity contribution in [1.82, 2.24) is 9.62 Å². The van der Waals surface area contributed by atoms with Crippen LogP contribution in [0.1, 0.15) is 34.0 Å². The van der Waals surface area contributed by atoms with E-state index in [0.29, 0.717) is 12.1 Å². The Morgan fingerprint density at radius 1 is 0.941 bits per heavy atom. The Bertz CT molecular complexity index is 1240. The van der Waals surface area contributed by atoms with Crippen molar-refractivity contribution >= 4 is 21.9 Å². The lowest BCUT2D eigenvalue weighted by atomic mass is 10.1. The van der Waals surface area contributed by atoms with Crippen LogP contribution < -0.4 is 4.72 Å². The van der Waals surface area contributed by atoms with E-state index < -0.39 is 22.1 Å². The molecule has 34 heavy (non-hydrogen) atoms. The molecule has 0 aliphatic heterocycles. The largest absolute Gasteiger partial charge is 0.449 e. The predicted octanol–water partition coefficient (Wildman–Crippen LogP) is 3.68. The van der Waals surface area contributed by atoms with E-state index in [0.717, 1.165) is 11.1 Å². The van der Waals surface area contributed by atoms with E-state index in [9.17, 15) is 18.0 Å². The van der Waals surface area contributed by atoms with Gasteiger partial charge in [0.05, 0.1) is 10.5 Å². The summed E-state index contributed by atoms with van der Waals surface area (Å²) in [4.78, 5) is 26.8. The molecule has 1 amide bonds. The molecule has 1 unspecified atom stereocenters. The zero-order valence-electron chi connectivity index (χ0n) is 19.4. The number of likely N-dealkylation sites (N-methyl/N-ethyl adjacent to an activating group) is 1. The molecule has 7 nitrogen and oxygen atoms in total. The Morgan fingerprint density at radius 2 is 1.53 bits per heavy atom. The Kier molecular flexibility index (Phi) is 8.20. The maximum Gasteiger partial charge on any atom is 0.338 e. The molecule has 0 heterocycles. The third-order valence-electron chi connectivity index (χ3n) is 5.29. The molecule has 8 heteroatoms. The SMILES string of the molecule is Cc1ccc(C(=O)OC(C)C(=O)N(C)Cc2ccccc2)cc1S(=O)(=O)NCc1ccccc1. The fourth-order valence-corrected chi connectivity index (χ4v) is 4.68. The second-order valence-corrected chi connectivity index (χ2v) is 9.75. The minimum Gasteiger partial charge on any atom is -0.449 e. The molecule has 1 N–H and O–H groups in total. The third kappa shape index (κ3) is 6.52. The summed E-state index contributed by atoms with van der Waals surface area (Å²) in [7, 11) is -2.24. The molecule has 1 atom stereocenters. The van der Waals surface area contributed by atoms with Gasteiger partial charge in [0.15, 0.2) is 6.10 Å². The smallest absolute Gasteiger partial charge is 0.338 e. The normalized spacial score (nSPS) is 12.1. The number of amides is 1. The summed E-state index contributed by atoms with van der Waals surface area (Å²) in [6.45, 7) is 3.64. The number of esters is 1. The minimum absolute atomic E-state index is 0.0157. The van der Waals surface area contributed by atoms with Crippen molar-refractivity contribution in [1.29, 1.82) is 0 Å². The van der Waals surface area contributed by atoms with Crippen molar-refractivity contribution in [2.75, 3.05) is 7.05 Å². The van der Waals surface area contributed by atoms with E-state index in [1.54, 1.807) is 20.0 Å². The van der Waals surface area contributed by atoms with E-state index in [2.05, 4.69) is 4.72 Å². The van der Waals surface area contributed by atoms with E-state index in [1.165, 1.54) is 24.0 Å². The van der Waals surface area contributed by atoms with Crippen molar-refractivity contribution in [2.24, 2.45) is 0 Å². The second kappa shape index (κ2) is 11.1. The van der Waals surface area contributed by atoms with Crippen LogP contribution in [-0.2, 0) is 32.6 Å². The van der Waals surface area contributed by atoms with Crippen molar-refractivity contribution in [3.63, 3.8) is 0 Å². The Balaban J connectivity index is 1.68. The van der Waals surface area contributed by atoms with Crippen LogP contribution in [0.3, 0.4) is 0 Å². The first-order valence-electron chi connectivity index (χ1n) is 10.8. The Morgan fingerprint density at radius 3 is 2.15 bits per heavy atom. The molecular weight excluding hydrogens is 452 g/mol. The summed E-state index contributed by atoms with van der Waals surface area (Å²) < 4.78 is 33.6. The van der Waals surface area contributed by atoms with Gasteiger partial charge in [-0.05, 0) is 42.7 Å². The number of ether oxygens (including phenoxy) is 1. The molecule has 3 rings (SSSR count). The summed E-state index contributed by atoms with van der Waals surface area (Å²) in [5.41, 5.74) is 2.30. The number of nitrogens with one attached hydrogen (secondary N) is 1. The van der Waals surface area contributed by atoms with Gasteiger partial charge in [0.2, 0.25) is 10.0 Å². The highest BCUT2D eigenvalue weighted by Crippen LogP contribution is 2.19. The van der Waals surface area contributed by atoms with Gasteiger partial charge < -0.3 is 9.64 Å². The first-order chi connectivity index (χ1) is 16.2. The summed E-state index contributed by atoms with van der Waals surface area (Å²) in [6.07, 6.45) is -1.03. The summed E-state index contributed by atoms with van der Waals surface area (Å²) in [5, 5.41) is 0. The molecule has 0 aliphatic rings. The van der Waals surface area contributed by atoms with Crippen LogP contribution >= 0.6 is 0 Å². The second-order valence-electron chi connectivity index (χ2n) is 8.02. The van der Waals surface area contributed by atoms with Crippen LogP contribution in [0.2, 0.25) is 0 Å². The molecule has 178 valence electrons. The van der Waals surface area contributed by atoms with E-state index in [-0.39, 0.29) is 22.9 Å². The van der Waals surface area contributed by atoms with Gasteiger partial charge in [-0.2, -0.15) is 0 Å². The Hall–Kier alpha value is -3.49. The van der Waals surface area contributed by atoms with Gasteiger partial charge in [0.25, 0.3) is 5.91 Å². The number of sulfonamides is 1. The molecule has 0 aromatic heterocycles. The van der Waals surface area contributed by atoms with Crippen LogP contribution in [0.4, 0.5) is 0 Å². The average Bonchev–Trinajstić information content (AvgIpc) is 2.83. The van der Waals surface area contributed by atoms with Crippen LogP contribution in [0.25, 0.3) is 0 Å². The molecule has 0 fully saturated rings. The molecule has 0 radical (unpaired) electrons. The van der Waals surface area contributed by atoms with E-state index >= 15 is 0 Å². The van der Waals surface area contributed by atoms with Gasteiger partial charge in [0.1, 0.15) is 0 Å². The fourth-order valence-electron chi connectivity index (χ4n) is 3.39. The highest BCUT2D eigenvalue weighted by Gasteiger charge is 2.24. The molecular formula is C26H28N2O5S. The van der Waals surface area contributed by atoms with Crippen molar-refractivity contribution in [3.8, 4) is 0 Å². The van der Waals surface area contributed by atoms with E-state index in [1.807, 2.05) is 60.7 Å². The first-order valence-corrected chi connectivity index (χ1v) is 12.3. The van der Waals surface area contributed by atoms with Gasteiger partial charge in [-0.25, -0.2) is 17.9 Å². The number of benzene rings is 3. The Labute approximate surface area is 200 Å². The monoisotopic (exact) mass is 480 g/mol. The lowest BCUT2D eigenvalue weighted by molar-refractivity contribution is -0.139. The quantitative estimate of drug-likeness (QED) is 0.472. The maximum atomic E-state index is 12.9. The molecule has 0 spiro atoms. The number of carbonyl (C=O) groups excluding carboxylic acids is 2. The fraction of sp³-hybridized carbons (Fsp3) is 0.231. The number of aryl methyl sites for hydroxylation is 1. The van der Waals surface area contributed by atoms with Gasteiger partial charge in [-0.15, -0.1) is 0 Å². The first kappa shape index (κ1) is 25.1. The highest BCUT2D eigenvalue weighted by atomic mass is 32.2. The number of rotatable bonds is 9. The predicted molar refractivity (Wildman–Crippen MR) is 129 cm³/mol. The summed E-state index contributed by atoms with van der Waals surface area (Å²) in [5.74, 6) is -1.13. The van der Waals surface area contributed by atoms with Crippen molar-refractivity contribution in [3.05, 3.63) is 101 Å². The van der Waals surface area contributed by atoms with Gasteiger partial charge in [-0.3, -0.25) is 4.79 Å². The number of hydrogen-bond acceptors (Lipinski definition) is 5. The zero-order chi connectivity index (χ0) is 24.7. The molecule has 0 aliphatic carbocycles. The summed E-state index contributed by atoms with van der Waals surface area (Å²) >= 11 is 0. The molecule has 0 saturated heterocycles. The van der Waals surface area contributed by atoms with E-state index in [4.69, 9.17) is 4.74 Å². The van der Waals surface area contributed by atoms with Gasteiger partial charge >= 0.3 is 5.97 Å². The molecule has 3 aromatic rings. The van der Waals surface area contributed by atoms with Crippen LogP contribution in [-0.4, -0.2) is 38.3 Å². The topological polar surface area (TPSA) is 92.8 Å². The average molecular weight is 481 g/mol. The van der Waals surface area contributed by atoms with Crippen LogP contribution in [0.5, 0.6) is 0 Å². The third-order valence-corrected chi connectivity index (χ3v) is 6.84. The van der Waals surface area contributed by atoms with Crippen LogP contribution in [0.15, 0.2) is 83.8 Å². The number of nitrogens with zero attached hydrogens (tertiary/aromatic N) is 1. The summed E-state index contributed by atoms with van der Waals surface area (Å²) in [6, 6.07) is 22.9. The molecule has 0 bridgehead atoms. The number of hydrogen-bond donors (Lipinski definition) is 1. The highest BCUT2D eigenvalue weighted by molar-refractivity contribution is 7.89. The molecule has 0 saturated carbocycles. The van der Waals surface area contributed by atoms with Crippen molar-refractivity contribution < 1.29 is 22.7 Å². The standard InChI is InChI=1S/C26H28N2O5S/c1-19-14-15-23(16-24(19)34(31,32)27-17-21-10-6-4-7-11-21)26(30)33-20(2)25(29)28(3)18-22-12-8-5-9-13-22/h4-16,20,27H,17-18H2,1-3H3.